The summed E-state index contributed by atoms with van der Waals surface area (Å²) in [6.07, 6.45) is -0.318. The summed E-state index contributed by atoms with van der Waals surface area (Å²) >= 11 is 0. The van der Waals surface area contributed by atoms with E-state index in [9.17, 15) is 17.6 Å². The van der Waals surface area contributed by atoms with Crippen LogP contribution in [0.1, 0.15) is 47.2 Å². The lowest BCUT2D eigenvalue weighted by Gasteiger charge is -2.38. The highest BCUT2D eigenvalue weighted by Gasteiger charge is 2.34. The fourth-order valence-electron chi connectivity index (χ4n) is 4.90. The minimum absolute atomic E-state index is 0.0840. The van der Waals surface area contributed by atoms with Gasteiger partial charge >= 0.3 is 6.18 Å². The van der Waals surface area contributed by atoms with E-state index < -0.39 is 17.6 Å². The van der Waals surface area contributed by atoms with Crippen LogP contribution in [0.3, 0.4) is 0 Å². The summed E-state index contributed by atoms with van der Waals surface area (Å²) in [5, 5.41) is 9.06. The highest BCUT2D eigenvalue weighted by atomic mass is 19.4. The molecule has 0 saturated carbocycles. The van der Waals surface area contributed by atoms with E-state index in [2.05, 4.69) is 26.2 Å². The molecule has 6 nitrogen and oxygen atoms in total. The fourth-order valence-corrected chi connectivity index (χ4v) is 4.90. The Bertz CT molecular complexity index is 1170. The molecule has 2 aliphatic heterocycles. The average Bonchev–Trinajstić information content (AvgIpc) is 2.86. The van der Waals surface area contributed by atoms with Crippen LogP contribution in [0.4, 0.5) is 23.4 Å². The summed E-state index contributed by atoms with van der Waals surface area (Å²) < 4.78 is 58.8. The number of rotatable bonds is 5. The van der Waals surface area contributed by atoms with E-state index in [0.717, 1.165) is 60.2 Å². The monoisotopic (exact) mass is 505 g/mol. The molecule has 1 aromatic heterocycles. The largest absolute Gasteiger partial charge is 0.484 e. The van der Waals surface area contributed by atoms with Crippen molar-refractivity contribution in [2.45, 2.75) is 51.9 Å². The third kappa shape index (κ3) is 5.53. The lowest BCUT2D eigenvalue weighted by Crippen LogP contribution is -2.44. The third-order valence-corrected chi connectivity index (χ3v) is 7.17. The fraction of sp³-hybridized carbons (Fsp3) is 0.500. The van der Waals surface area contributed by atoms with Crippen LogP contribution in [0.2, 0.25) is 0 Å². The maximum atomic E-state index is 13.5. The topological polar surface area (TPSA) is 53.9 Å². The van der Waals surface area contributed by atoms with Gasteiger partial charge in [-0.3, -0.25) is 9.89 Å². The minimum Gasteiger partial charge on any atom is -0.484 e. The Hall–Kier alpha value is -3.01. The van der Waals surface area contributed by atoms with Crippen molar-refractivity contribution in [3.05, 3.63) is 58.0 Å². The first-order valence-electron chi connectivity index (χ1n) is 12.0. The van der Waals surface area contributed by atoms with Gasteiger partial charge in [-0.1, -0.05) is 12.1 Å². The number of benzene rings is 1. The molecule has 10 heteroatoms. The smallest absolute Gasteiger partial charge is 0.416 e. The SMILES string of the molecule is COC1=NCC(c2nnc(N3CCC(N(C)Cc4ccc(F)cc4C(F)(F)F)CC3)c(C)c2C)=CC1. The number of hydrogen-bond acceptors (Lipinski definition) is 6. The van der Waals surface area contributed by atoms with Gasteiger partial charge in [-0.05, 0) is 68.1 Å². The summed E-state index contributed by atoms with van der Waals surface area (Å²) in [7, 11) is 3.44. The number of aliphatic imine (C=N–C) groups is 1. The molecule has 0 radical (unpaired) electrons. The molecule has 0 unspecified atom stereocenters. The molecule has 1 fully saturated rings. The van der Waals surface area contributed by atoms with E-state index in [1.54, 1.807) is 7.11 Å². The zero-order valence-electron chi connectivity index (χ0n) is 21.0. The molecular weight excluding hydrogens is 474 g/mol. The highest BCUT2D eigenvalue weighted by molar-refractivity contribution is 5.84. The van der Waals surface area contributed by atoms with Gasteiger partial charge in [-0.15, -0.1) is 10.2 Å². The molecule has 3 heterocycles. The molecular formula is C26H31F4N5O. The van der Waals surface area contributed by atoms with E-state index in [-0.39, 0.29) is 18.2 Å². The van der Waals surface area contributed by atoms with E-state index in [4.69, 9.17) is 4.74 Å². The zero-order valence-corrected chi connectivity index (χ0v) is 21.0. The van der Waals surface area contributed by atoms with Gasteiger partial charge in [0.25, 0.3) is 0 Å². The van der Waals surface area contributed by atoms with Crippen molar-refractivity contribution in [2.75, 3.05) is 38.7 Å². The minimum atomic E-state index is -4.59. The van der Waals surface area contributed by atoms with Gasteiger partial charge in [-0.2, -0.15) is 13.2 Å². The molecule has 0 aliphatic carbocycles. The number of piperidine rings is 1. The Balaban J connectivity index is 1.41. The number of methoxy groups -OCH3 is 1. The van der Waals surface area contributed by atoms with Gasteiger partial charge in [0.05, 0.1) is 24.9 Å². The number of halogens is 4. The number of dihydropyridines is 1. The normalized spacial score (nSPS) is 17.3. The van der Waals surface area contributed by atoms with Crippen LogP contribution in [-0.2, 0) is 17.5 Å². The quantitative estimate of drug-likeness (QED) is 0.524. The second kappa shape index (κ2) is 10.5. The molecule has 0 spiro atoms. The van der Waals surface area contributed by atoms with Crippen molar-refractivity contribution in [3.63, 3.8) is 0 Å². The molecule has 194 valence electrons. The molecule has 0 bridgehead atoms. The molecule has 2 aliphatic rings. The summed E-state index contributed by atoms with van der Waals surface area (Å²) in [6.45, 7) is 6.16. The summed E-state index contributed by atoms with van der Waals surface area (Å²) in [5.41, 5.74) is 3.19. The second-order valence-electron chi connectivity index (χ2n) is 9.40. The van der Waals surface area contributed by atoms with E-state index in [0.29, 0.717) is 24.9 Å². The number of anilines is 1. The van der Waals surface area contributed by atoms with Crippen LogP contribution in [-0.4, -0.2) is 60.8 Å². The molecule has 1 saturated heterocycles. The first-order chi connectivity index (χ1) is 17.1. The maximum absolute atomic E-state index is 13.5. The number of nitrogens with zero attached hydrogens (tertiary/aromatic N) is 5. The van der Waals surface area contributed by atoms with Crippen LogP contribution in [0.15, 0.2) is 29.3 Å². The molecule has 36 heavy (non-hydrogen) atoms. The van der Waals surface area contributed by atoms with E-state index in [1.807, 2.05) is 25.8 Å². The Morgan fingerprint density at radius 3 is 2.44 bits per heavy atom. The van der Waals surface area contributed by atoms with Crippen LogP contribution in [0.5, 0.6) is 0 Å². The Morgan fingerprint density at radius 1 is 1.11 bits per heavy atom. The second-order valence-corrected chi connectivity index (χ2v) is 9.40. The molecule has 2 aromatic rings. The molecule has 0 N–H and O–H groups in total. The highest BCUT2D eigenvalue weighted by Crippen LogP contribution is 2.34. The lowest BCUT2D eigenvalue weighted by molar-refractivity contribution is -0.138. The molecule has 0 amide bonds. The van der Waals surface area contributed by atoms with Crippen molar-refractivity contribution in [1.82, 2.24) is 15.1 Å². The summed E-state index contributed by atoms with van der Waals surface area (Å²) in [6, 6.07) is 3.00. The molecule has 4 rings (SSSR count). The van der Waals surface area contributed by atoms with Gasteiger partial charge in [-0.25, -0.2) is 4.39 Å². The van der Waals surface area contributed by atoms with Crippen LogP contribution < -0.4 is 4.90 Å². The Morgan fingerprint density at radius 2 is 1.83 bits per heavy atom. The zero-order chi connectivity index (χ0) is 26.0. The molecule has 1 aromatic carbocycles. The van der Waals surface area contributed by atoms with Gasteiger partial charge in [0, 0.05) is 32.1 Å². The Labute approximate surface area is 208 Å². The number of ether oxygens (including phenoxy) is 1. The first-order valence-corrected chi connectivity index (χ1v) is 12.0. The van der Waals surface area contributed by atoms with Crippen molar-refractivity contribution in [3.8, 4) is 0 Å². The number of hydrogen-bond donors (Lipinski definition) is 0. The van der Waals surface area contributed by atoms with Crippen LogP contribution >= 0.6 is 0 Å². The van der Waals surface area contributed by atoms with Crippen LogP contribution in [0, 0.1) is 19.7 Å². The van der Waals surface area contributed by atoms with Crippen molar-refractivity contribution < 1.29 is 22.3 Å². The van der Waals surface area contributed by atoms with Crippen molar-refractivity contribution >= 4 is 17.3 Å². The first kappa shape index (κ1) is 26.1. The lowest BCUT2D eigenvalue weighted by atomic mass is 9.99. The van der Waals surface area contributed by atoms with Crippen molar-refractivity contribution in [2.24, 2.45) is 4.99 Å². The standard InChI is InChI=1S/C26H31F4N5O/c1-16-17(2)25(33-32-24(16)18-6-8-23(36-4)31-14-18)35-11-9-21(10-12-35)34(3)15-19-5-7-20(27)13-22(19)26(28,29)30/h5-7,13,21H,8-12,14-15H2,1-4H3. The molecule has 0 atom stereocenters. The van der Waals surface area contributed by atoms with Gasteiger partial charge < -0.3 is 9.64 Å². The van der Waals surface area contributed by atoms with E-state index >= 15 is 0 Å². The van der Waals surface area contributed by atoms with E-state index in [1.165, 1.54) is 6.07 Å². The Kier molecular flexibility index (Phi) is 7.63. The number of alkyl halides is 3. The summed E-state index contributed by atoms with van der Waals surface area (Å²) in [4.78, 5) is 8.55. The van der Waals surface area contributed by atoms with Gasteiger partial charge in [0.1, 0.15) is 5.82 Å². The predicted molar refractivity (Wildman–Crippen MR) is 132 cm³/mol. The number of aromatic nitrogens is 2. The van der Waals surface area contributed by atoms with Crippen molar-refractivity contribution in [1.29, 1.82) is 0 Å². The van der Waals surface area contributed by atoms with Gasteiger partial charge in [0.15, 0.2) is 11.7 Å². The summed E-state index contributed by atoms with van der Waals surface area (Å²) in [5.74, 6) is 0.666. The third-order valence-electron chi connectivity index (χ3n) is 7.17. The average molecular weight is 506 g/mol. The maximum Gasteiger partial charge on any atom is 0.416 e. The van der Waals surface area contributed by atoms with Crippen LogP contribution in [0.25, 0.3) is 5.57 Å². The predicted octanol–water partition coefficient (Wildman–Crippen LogP) is 5.18. The van der Waals surface area contributed by atoms with Gasteiger partial charge in [0.2, 0.25) is 0 Å².